The van der Waals surface area contributed by atoms with Crippen molar-refractivity contribution in [2.75, 3.05) is 9.80 Å². The Kier molecular flexibility index (Phi) is 8.61. The standard InChI is InChI=1S/C49H36N2/c1-3-17-40(18-4-2)50(41-22-7-5-8-23-41)43-31-29-36(30-32-43)47-33-37-19-11-12-20-38(37)34-49(47)51(42-24-9-6-10-25-42)48-35-39-21-13-14-26-44(39)45-27-15-16-28-46(45)48/h1,4-35H,2H3/b18-4-,40-17+. The van der Waals surface area contributed by atoms with Gasteiger partial charge in [-0.25, -0.2) is 0 Å². The minimum absolute atomic E-state index is 0.920. The zero-order valence-corrected chi connectivity index (χ0v) is 28.4. The first kappa shape index (κ1) is 31.4. The van der Waals surface area contributed by atoms with Crippen LogP contribution in [0.3, 0.4) is 0 Å². The number of rotatable bonds is 8. The molecule has 0 amide bonds. The number of hydrogen-bond donors (Lipinski definition) is 0. The Morgan fingerprint density at radius 1 is 0.510 bits per heavy atom. The molecule has 51 heavy (non-hydrogen) atoms. The quantitative estimate of drug-likeness (QED) is 0.0915. The highest BCUT2D eigenvalue weighted by Gasteiger charge is 2.22. The van der Waals surface area contributed by atoms with Gasteiger partial charge in [0.05, 0.1) is 17.1 Å². The fourth-order valence-electron chi connectivity index (χ4n) is 7.11. The third-order valence-electron chi connectivity index (χ3n) is 9.38. The fourth-order valence-corrected chi connectivity index (χ4v) is 7.11. The molecule has 0 atom stereocenters. The van der Waals surface area contributed by atoms with Crippen LogP contribution in [0, 0.1) is 12.3 Å². The molecule has 0 spiro atoms. The van der Waals surface area contributed by atoms with Crippen LogP contribution >= 0.6 is 0 Å². The molecule has 0 aliphatic heterocycles. The molecule has 0 heterocycles. The second kappa shape index (κ2) is 14.0. The Balaban J connectivity index is 1.36. The lowest BCUT2D eigenvalue weighted by Crippen LogP contribution is -2.15. The predicted molar refractivity (Wildman–Crippen MR) is 219 cm³/mol. The molecule has 0 aliphatic rings. The van der Waals surface area contributed by atoms with E-state index in [4.69, 9.17) is 6.42 Å². The van der Waals surface area contributed by atoms with E-state index in [2.05, 4.69) is 186 Å². The van der Waals surface area contributed by atoms with E-state index in [1.165, 1.54) is 32.3 Å². The predicted octanol–water partition coefficient (Wildman–Crippen LogP) is 13.5. The van der Waals surface area contributed by atoms with E-state index in [-0.39, 0.29) is 0 Å². The number of nitrogens with zero attached hydrogens (tertiary/aromatic N) is 2. The third-order valence-corrected chi connectivity index (χ3v) is 9.38. The molecule has 0 saturated carbocycles. The number of benzene rings is 8. The molecule has 8 aromatic rings. The van der Waals surface area contributed by atoms with Gasteiger partial charge in [0.15, 0.2) is 0 Å². The SMILES string of the molecule is C#C/C=C(\C=C/C)N(c1ccccc1)c1ccc(-c2cc3ccccc3cc2N(c2ccccc2)c2cc3ccccc3c3ccccc23)cc1. The van der Waals surface area contributed by atoms with Gasteiger partial charge in [-0.05, 0) is 100 Å². The van der Waals surface area contributed by atoms with Gasteiger partial charge in [0.25, 0.3) is 0 Å². The average molecular weight is 653 g/mol. The highest BCUT2D eigenvalue weighted by Crippen LogP contribution is 2.47. The second-order valence-electron chi connectivity index (χ2n) is 12.5. The molecule has 0 aromatic heterocycles. The molecule has 2 nitrogen and oxygen atoms in total. The lowest BCUT2D eigenvalue weighted by atomic mass is 9.95. The number of fused-ring (bicyclic) bond motifs is 4. The topological polar surface area (TPSA) is 6.48 Å². The molecule has 242 valence electrons. The molecular formula is C49H36N2. The number of terminal acetylenes is 1. The zero-order valence-electron chi connectivity index (χ0n) is 28.4. The van der Waals surface area contributed by atoms with Crippen molar-refractivity contribution in [2.45, 2.75) is 6.92 Å². The summed E-state index contributed by atoms with van der Waals surface area (Å²) in [7, 11) is 0. The van der Waals surface area contributed by atoms with E-state index >= 15 is 0 Å². The molecule has 0 N–H and O–H groups in total. The molecule has 0 fully saturated rings. The van der Waals surface area contributed by atoms with Gasteiger partial charge in [0.2, 0.25) is 0 Å². The van der Waals surface area contributed by atoms with Crippen LogP contribution in [0.5, 0.6) is 0 Å². The van der Waals surface area contributed by atoms with E-state index in [1.807, 2.05) is 31.2 Å². The minimum atomic E-state index is 0.920. The van der Waals surface area contributed by atoms with E-state index in [0.717, 1.165) is 45.3 Å². The van der Waals surface area contributed by atoms with Crippen LogP contribution in [0.15, 0.2) is 200 Å². The van der Waals surface area contributed by atoms with Crippen LogP contribution < -0.4 is 9.80 Å². The number of para-hydroxylation sites is 2. The number of allylic oxidation sites excluding steroid dienone is 3. The van der Waals surface area contributed by atoms with E-state index in [1.54, 1.807) is 0 Å². The van der Waals surface area contributed by atoms with E-state index in [9.17, 15) is 0 Å². The van der Waals surface area contributed by atoms with Crippen molar-refractivity contribution in [3.8, 4) is 23.5 Å². The first-order chi connectivity index (χ1) is 25.2. The summed E-state index contributed by atoms with van der Waals surface area (Å²) in [4.78, 5) is 4.63. The first-order valence-electron chi connectivity index (χ1n) is 17.3. The molecule has 0 unspecified atom stereocenters. The van der Waals surface area contributed by atoms with Gasteiger partial charge in [-0.15, -0.1) is 6.42 Å². The summed E-state index contributed by atoms with van der Waals surface area (Å²) in [5.74, 6) is 2.74. The van der Waals surface area contributed by atoms with Crippen LogP contribution in [-0.4, -0.2) is 0 Å². The summed E-state index contributed by atoms with van der Waals surface area (Å²) < 4.78 is 0. The summed E-state index contributed by atoms with van der Waals surface area (Å²) >= 11 is 0. The maximum atomic E-state index is 5.81. The monoisotopic (exact) mass is 652 g/mol. The summed E-state index contributed by atoms with van der Waals surface area (Å²) in [6.07, 6.45) is 11.7. The van der Waals surface area contributed by atoms with E-state index in [0.29, 0.717) is 0 Å². The molecule has 8 rings (SSSR count). The van der Waals surface area contributed by atoms with Gasteiger partial charge in [-0.3, -0.25) is 0 Å². The Morgan fingerprint density at radius 2 is 1.04 bits per heavy atom. The Morgan fingerprint density at radius 3 is 1.71 bits per heavy atom. The van der Waals surface area contributed by atoms with Crippen LogP contribution in [-0.2, 0) is 0 Å². The van der Waals surface area contributed by atoms with Gasteiger partial charge in [0, 0.05) is 34.1 Å². The molecule has 0 radical (unpaired) electrons. The Hall–Kier alpha value is -6.82. The lowest BCUT2D eigenvalue weighted by Gasteiger charge is -2.30. The third kappa shape index (κ3) is 6.03. The Labute approximate surface area is 299 Å². The molecular weight excluding hydrogens is 617 g/mol. The van der Waals surface area contributed by atoms with Crippen LogP contribution in [0.2, 0.25) is 0 Å². The molecule has 0 saturated heterocycles. The maximum absolute atomic E-state index is 5.81. The van der Waals surface area contributed by atoms with Crippen molar-refractivity contribution >= 4 is 60.8 Å². The zero-order chi connectivity index (χ0) is 34.6. The Bertz CT molecular complexity index is 2590. The molecule has 0 bridgehead atoms. The smallest absolute Gasteiger partial charge is 0.0546 e. The summed E-state index contributed by atoms with van der Waals surface area (Å²) in [5, 5.41) is 7.26. The molecule has 2 heteroatoms. The van der Waals surface area contributed by atoms with Gasteiger partial charge in [-0.2, -0.15) is 0 Å². The largest absolute Gasteiger partial charge is 0.310 e. The highest BCUT2D eigenvalue weighted by molar-refractivity contribution is 6.15. The second-order valence-corrected chi connectivity index (χ2v) is 12.5. The fraction of sp³-hybridized carbons (Fsp3) is 0.0204. The van der Waals surface area contributed by atoms with Crippen molar-refractivity contribution in [1.29, 1.82) is 0 Å². The number of anilines is 5. The van der Waals surface area contributed by atoms with Crippen molar-refractivity contribution in [3.63, 3.8) is 0 Å². The number of hydrogen-bond acceptors (Lipinski definition) is 2. The van der Waals surface area contributed by atoms with Gasteiger partial charge < -0.3 is 9.80 Å². The maximum Gasteiger partial charge on any atom is 0.0546 e. The van der Waals surface area contributed by atoms with Gasteiger partial charge in [-0.1, -0.05) is 133 Å². The lowest BCUT2D eigenvalue weighted by molar-refractivity contribution is 1.21. The first-order valence-corrected chi connectivity index (χ1v) is 17.3. The summed E-state index contributed by atoms with van der Waals surface area (Å²) in [5.41, 5.74) is 8.57. The summed E-state index contributed by atoms with van der Waals surface area (Å²) in [6.45, 7) is 2.01. The average Bonchev–Trinajstić information content (AvgIpc) is 3.19. The molecule has 8 aromatic carbocycles. The van der Waals surface area contributed by atoms with Crippen molar-refractivity contribution in [2.24, 2.45) is 0 Å². The molecule has 0 aliphatic carbocycles. The van der Waals surface area contributed by atoms with Crippen LogP contribution in [0.1, 0.15) is 6.92 Å². The van der Waals surface area contributed by atoms with Crippen LogP contribution in [0.4, 0.5) is 28.4 Å². The van der Waals surface area contributed by atoms with Crippen molar-refractivity contribution < 1.29 is 0 Å². The van der Waals surface area contributed by atoms with E-state index < -0.39 is 0 Å². The van der Waals surface area contributed by atoms with Gasteiger partial charge >= 0.3 is 0 Å². The van der Waals surface area contributed by atoms with Crippen molar-refractivity contribution in [3.05, 3.63) is 200 Å². The summed E-state index contributed by atoms with van der Waals surface area (Å²) in [6, 6.07) is 62.9. The normalized spacial score (nSPS) is 11.6. The van der Waals surface area contributed by atoms with Gasteiger partial charge in [0.1, 0.15) is 0 Å². The van der Waals surface area contributed by atoms with Crippen LogP contribution in [0.25, 0.3) is 43.4 Å². The highest BCUT2D eigenvalue weighted by atomic mass is 15.2. The van der Waals surface area contributed by atoms with Crippen molar-refractivity contribution in [1.82, 2.24) is 0 Å². The minimum Gasteiger partial charge on any atom is -0.310 e.